The molecule has 0 spiro atoms. The molecule has 10 heteroatoms. The minimum Gasteiger partial charge on any atom is -0.379 e. The van der Waals surface area contributed by atoms with Crippen LogP contribution in [0.4, 0.5) is 5.82 Å². The molecule has 4 atom stereocenters. The van der Waals surface area contributed by atoms with Crippen molar-refractivity contribution >= 4 is 23.3 Å². The molecule has 2 aromatic rings. The minimum absolute atomic E-state index is 0.0334. The maximum Gasteiger partial charge on any atom is 0.272 e. The number of hydrogen-bond acceptors (Lipinski definition) is 8. The standard InChI is InChI=1S/C29H40ClN5O4/c1-19-27(29(36)35-13-10-22(11-14-35)34-24-12-15-38-17-26(24)37-2)32-18-33-28(19)31-16-23-4-3-5-25(39-23)20-6-8-21(30)9-7-20/h6-9,18,22-26,34H,3-5,10-17H2,1-2H3,(H,31,32,33)/t23?,24-,25+,26+/m1/s1. The van der Waals surface area contributed by atoms with E-state index >= 15 is 0 Å². The molecule has 0 aliphatic carbocycles. The van der Waals surface area contributed by atoms with Crippen molar-refractivity contribution < 1.29 is 19.0 Å². The highest BCUT2D eigenvalue weighted by Gasteiger charge is 2.31. The molecule has 0 radical (unpaired) electrons. The molecule has 3 aliphatic rings. The molecule has 39 heavy (non-hydrogen) atoms. The third-order valence-electron chi connectivity index (χ3n) is 8.21. The summed E-state index contributed by atoms with van der Waals surface area (Å²) in [5, 5.41) is 7.90. The Balaban J connectivity index is 1.13. The van der Waals surface area contributed by atoms with Crippen LogP contribution in [0.15, 0.2) is 30.6 Å². The van der Waals surface area contributed by atoms with Gasteiger partial charge in [0.2, 0.25) is 0 Å². The molecular weight excluding hydrogens is 518 g/mol. The number of piperidine rings is 1. The van der Waals surface area contributed by atoms with Crippen molar-refractivity contribution in [2.75, 3.05) is 45.3 Å². The lowest BCUT2D eigenvalue weighted by atomic mass is 9.98. The lowest BCUT2D eigenvalue weighted by Gasteiger charge is -2.38. The molecule has 1 aromatic heterocycles. The van der Waals surface area contributed by atoms with Crippen molar-refractivity contribution in [3.8, 4) is 0 Å². The molecule has 3 aliphatic heterocycles. The second-order valence-corrected chi connectivity index (χ2v) is 11.2. The number of amides is 1. The Morgan fingerprint density at radius 1 is 1.13 bits per heavy atom. The summed E-state index contributed by atoms with van der Waals surface area (Å²) in [5.74, 6) is 0.654. The van der Waals surface area contributed by atoms with Gasteiger partial charge in [0.15, 0.2) is 0 Å². The number of halogens is 1. The third-order valence-corrected chi connectivity index (χ3v) is 8.47. The van der Waals surface area contributed by atoms with Crippen molar-refractivity contribution in [2.24, 2.45) is 0 Å². The lowest BCUT2D eigenvalue weighted by Crippen LogP contribution is -2.54. The van der Waals surface area contributed by atoms with Crippen molar-refractivity contribution in [2.45, 2.75) is 75.8 Å². The summed E-state index contributed by atoms with van der Waals surface area (Å²) in [4.78, 5) is 24.1. The fourth-order valence-corrected chi connectivity index (χ4v) is 5.99. The summed E-state index contributed by atoms with van der Waals surface area (Å²) in [6.07, 6.45) is 7.51. The highest BCUT2D eigenvalue weighted by atomic mass is 35.5. The van der Waals surface area contributed by atoms with E-state index in [-0.39, 0.29) is 24.2 Å². The van der Waals surface area contributed by atoms with Crippen LogP contribution in [0.2, 0.25) is 5.02 Å². The average molecular weight is 558 g/mol. The quantitative estimate of drug-likeness (QED) is 0.499. The fraction of sp³-hybridized carbons (Fsp3) is 0.621. The zero-order chi connectivity index (χ0) is 27.2. The van der Waals surface area contributed by atoms with Gasteiger partial charge < -0.3 is 29.7 Å². The number of methoxy groups -OCH3 is 1. The topological polar surface area (TPSA) is 97.8 Å². The monoisotopic (exact) mass is 557 g/mol. The Morgan fingerprint density at radius 3 is 2.69 bits per heavy atom. The number of ether oxygens (including phenoxy) is 3. The van der Waals surface area contributed by atoms with E-state index in [1.54, 1.807) is 7.11 Å². The van der Waals surface area contributed by atoms with Gasteiger partial charge in [-0.15, -0.1) is 0 Å². The van der Waals surface area contributed by atoms with Crippen LogP contribution in [0.25, 0.3) is 0 Å². The summed E-state index contributed by atoms with van der Waals surface area (Å²) < 4.78 is 17.5. The van der Waals surface area contributed by atoms with E-state index in [0.717, 1.165) is 61.3 Å². The van der Waals surface area contributed by atoms with E-state index in [9.17, 15) is 4.79 Å². The first-order valence-corrected chi connectivity index (χ1v) is 14.5. The number of rotatable bonds is 8. The average Bonchev–Trinajstić information content (AvgIpc) is 2.97. The maximum absolute atomic E-state index is 13.4. The first kappa shape index (κ1) is 28.2. The molecule has 1 amide bonds. The molecule has 0 bridgehead atoms. The Morgan fingerprint density at radius 2 is 1.92 bits per heavy atom. The largest absolute Gasteiger partial charge is 0.379 e. The summed E-state index contributed by atoms with van der Waals surface area (Å²) in [7, 11) is 1.74. The lowest BCUT2D eigenvalue weighted by molar-refractivity contribution is -0.0533. The van der Waals surface area contributed by atoms with Crippen molar-refractivity contribution in [3.63, 3.8) is 0 Å². The van der Waals surface area contributed by atoms with Crippen LogP contribution in [-0.2, 0) is 14.2 Å². The number of carbonyl (C=O) groups excluding carboxylic acids is 1. The Labute approximate surface area is 236 Å². The number of hydrogen-bond donors (Lipinski definition) is 2. The molecular formula is C29H40ClN5O4. The Bertz CT molecular complexity index is 1100. The molecule has 4 heterocycles. The predicted octanol–water partition coefficient (Wildman–Crippen LogP) is 4.16. The zero-order valence-corrected chi connectivity index (χ0v) is 23.7. The van der Waals surface area contributed by atoms with Gasteiger partial charge in [-0.2, -0.15) is 0 Å². The van der Waals surface area contributed by atoms with Gasteiger partial charge in [-0.1, -0.05) is 23.7 Å². The summed E-state index contributed by atoms with van der Waals surface area (Å²) in [5.41, 5.74) is 2.39. The van der Waals surface area contributed by atoms with Crippen LogP contribution in [0.1, 0.15) is 66.2 Å². The van der Waals surface area contributed by atoms with Gasteiger partial charge >= 0.3 is 0 Å². The molecule has 1 unspecified atom stereocenters. The highest BCUT2D eigenvalue weighted by molar-refractivity contribution is 6.30. The SMILES string of the molecule is CO[C@H]1COCC[C@H]1NC1CCN(C(=O)c2ncnc(NCC3CCC[C@@H](c4ccc(Cl)cc4)O3)c2C)CC1. The highest BCUT2D eigenvalue weighted by Crippen LogP contribution is 2.32. The number of anilines is 1. The van der Waals surface area contributed by atoms with Crippen LogP contribution in [0, 0.1) is 6.92 Å². The van der Waals surface area contributed by atoms with E-state index in [1.165, 1.54) is 6.33 Å². The van der Waals surface area contributed by atoms with E-state index in [4.69, 9.17) is 25.8 Å². The number of likely N-dealkylation sites (tertiary alicyclic amines) is 1. The third kappa shape index (κ3) is 7.08. The van der Waals surface area contributed by atoms with Gasteiger partial charge in [0.25, 0.3) is 5.91 Å². The molecule has 3 fully saturated rings. The van der Waals surface area contributed by atoms with Gasteiger partial charge in [-0.25, -0.2) is 9.97 Å². The molecule has 2 N–H and O–H groups in total. The smallest absolute Gasteiger partial charge is 0.272 e. The molecule has 1 aromatic carbocycles. The van der Waals surface area contributed by atoms with Crippen LogP contribution in [0.5, 0.6) is 0 Å². The Kier molecular flexibility index (Phi) is 9.68. The zero-order valence-electron chi connectivity index (χ0n) is 22.9. The summed E-state index contributed by atoms with van der Waals surface area (Å²) in [6, 6.07) is 8.55. The summed E-state index contributed by atoms with van der Waals surface area (Å²) in [6.45, 7) is 5.33. The fourth-order valence-electron chi connectivity index (χ4n) is 5.86. The number of nitrogens with zero attached hydrogens (tertiary/aromatic N) is 3. The van der Waals surface area contributed by atoms with E-state index in [0.29, 0.717) is 49.8 Å². The van der Waals surface area contributed by atoms with Gasteiger partial charge in [0, 0.05) is 56.0 Å². The van der Waals surface area contributed by atoms with Gasteiger partial charge in [-0.3, -0.25) is 4.79 Å². The predicted molar refractivity (Wildman–Crippen MR) is 150 cm³/mol. The second kappa shape index (κ2) is 13.4. The van der Waals surface area contributed by atoms with Crippen LogP contribution < -0.4 is 10.6 Å². The van der Waals surface area contributed by atoms with Crippen molar-refractivity contribution in [1.82, 2.24) is 20.2 Å². The van der Waals surface area contributed by atoms with E-state index in [1.807, 2.05) is 36.1 Å². The number of aromatic nitrogens is 2. The van der Waals surface area contributed by atoms with Gasteiger partial charge in [-0.05, 0) is 63.1 Å². The van der Waals surface area contributed by atoms with Gasteiger partial charge in [0.05, 0.1) is 24.9 Å². The molecule has 5 rings (SSSR count). The normalized spacial score (nSPS) is 26.4. The number of nitrogens with one attached hydrogen (secondary N) is 2. The van der Waals surface area contributed by atoms with Crippen LogP contribution >= 0.6 is 11.6 Å². The van der Waals surface area contributed by atoms with E-state index in [2.05, 4.69) is 20.6 Å². The number of carbonyl (C=O) groups is 1. The molecule has 212 valence electrons. The van der Waals surface area contributed by atoms with Crippen molar-refractivity contribution in [1.29, 1.82) is 0 Å². The first-order valence-electron chi connectivity index (χ1n) is 14.1. The summed E-state index contributed by atoms with van der Waals surface area (Å²) >= 11 is 6.05. The van der Waals surface area contributed by atoms with Crippen LogP contribution in [-0.4, -0.2) is 85.0 Å². The first-order chi connectivity index (χ1) is 19.0. The Hall–Kier alpha value is -2.30. The minimum atomic E-state index is -0.0334. The van der Waals surface area contributed by atoms with Gasteiger partial charge in [0.1, 0.15) is 17.8 Å². The maximum atomic E-state index is 13.4. The number of benzene rings is 1. The molecule has 0 saturated carbocycles. The molecule has 9 nitrogen and oxygen atoms in total. The van der Waals surface area contributed by atoms with E-state index < -0.39 is 0 Å². The van der Waals surface area contributed by atoms with Crippen molar-refractivity contribution in [3.05, 3.63) is 52.4 Å². The molecule has 3 saturated heterocycles. The van der Waals surface area contributed by atoms with Crippen LogP contribution in [0.3, 0.4) is 0 Å². The second-order valence-electron chi connectivity index (χ2n) is 10.8.